The number of carbonyl (C=O) groups excluding carboxylic acids is 2. The average Bonchev–Trinajstić information content (AvgIpc) is 3.30. The van der Waals surface area contributed by atoms with Gasteiger partial charge < -0.3 is 14.8 Å². The minimum Gasteiger partial charge on any atom is -0.451 e. The number of hydrogen-bond donors (Lipinski definition) is 1. The number of amides is 1. The summed E-state index contributed by atoms with van der Waals surface area (Å²) in [6, 6.07) is 9.58. The molecule has 0 radical (unpaired) electrons. The van der Waals surface area contributed by atoms with E-state index in [1.54, 1.807) is 5.38 Å². The van der Waals surface area contributed by atoms with Gasteiger partial charge in [-0.25, -0.2) is 9.78 Å². The van der Waals surface area contributed by atoms with Gasteiger partial charge in [0.05, 0.1) is 6.10 Å². The van der Waals surface area contributed by atoms with E-state index in [9.17, 15) is 9.59 Å². The topological polar surface area (TPSA) is 77.5 Å². The summed E-state index contributed by atoms with van der Waals surface area (Å²) in [6.07, 6.45) is 2.03. The molecule has 1 atom stereocenters. The highest BCUT2D eigenvalue weighted by molar-refractivity contribution is 7.13. The third kappa shape index (κ3) is 4.39. The molecule has 0 spiro atoms. The fraction of sp³-hybridized carbons (Fsp3) is 0.353. The molecule has 1 aromatic heterocycles. The van der Waals surface area contributed by atoms with Crippen molar-refractivity contribution < 1.29 is 19.1 Å². The SMILES string of the molecule is O=C(COC(=O)c1csc(-c2ccccc2)n1)NCC1CCCO1. The molecule has 1 amide bonds. The minimum atomic E-state index is -0.597. The van der Waals surface area contributed by atoms with Crippen molar-refractivity contribution in [1.82, 2.24) is 10.3 Å². The lowest BCUT2D eigenvalue weighted by atomic mass is 10.2. The van der Waals surface area contributed by atoms with Crippen molar-refractivity contribution in [3.05, 3.63) is 41.4 Å². The van der Waals surface area contributed by atoms with Crippen LogP contribution in [0.1, 0.15) is 23.3 Å². The molecule has 1 fully saturated rings. The molecule has 2 aromatic rings. The van der Waals surface area contributed by atoms with E-state index >= 15 is 0 Å². The molecule has 0 aliphatic carbocycles. The van der Waals surface area contributed by atoms with E-state index in [0.717, 1.165) is 30.0 Å². The number of esters is 1. The Balaban J connectivity index is 1.46. The summed E-state index contributed by atoms with van der Waals surface area (Å²) in [5, 5.41) is 5.08. The maximum Gasteiger partial charge on any atom is 0.358 e. The quantitative estimate of drug-likeness (QED) is 0.812. The number of ether oxygens (including phenoxy) is 2. The molecule has 1 saturated heterocycles. The Kier molecular flexibility index (Phi) is 5.55. The molecular formula is C17H18N2O4S. The van der Waals surface area contributed by atoms with Crippen molar-refractivity contribution in [3.8, 4) is 10.6 Å². The standard InChI is InChI=1S/C17H18N2O4S/c20-15(18-9-13-7-4-8-22-13)10-23-17(21)14-11-24-16(19-14)12-5-2-1-3-6-12/h1-3,5-6,11,13H,4,7-10H2,(H,18,20). The lowest BCUT2D eigenvalue weighted by Crippen LogP contribution is -2.34. The summed E-state index contributed by atoms with van der Waals surface area (Å²) in [4.78, 5) is 27.9. The molecule has 7 heteroatoms. The van der Waals surface area contributed by atoms with Gasteiger partial charge in [-0.1, -0.05) is 30.3 Å². The number of nitrogens with zero attached hydrogens (tertiary/aromatic N) is 1. The largest absolute Gasteiger partial charge is 0.451 e. The zero-order valence-corrected chi connectivity index (χ0v) is 13.9. The third-order valence-corrected chi connectivity index (χ3v) is 4.51. The molecular weight excluding hydrogens is 328 g/mol. The normalized spacial score (nSPS) is 16.8. The van der Waals surface area contributed by atoms with Gasteiger partial charge in [0, 0.05) is 24.1 Å². The Hall–Kier alpha value is -2.25. The van der Waals surface area contributed by atoms with Gasteiger partial charge in [-0.3, -0.25) is 4.79 Å². The van der Waals surface area contributed by atoms with E-state index in [2.05, 4.69) is 10.3 Å². The van der Waals surface area contributed by atoms with Crippen LogP contribution in [0.4, 0.5) is 0 Å². The molecule has 3 rings (SSSR count). The summed E-state index contributed by atoms with van der Waals surface area (Å²) in [5.41, 5.74) is 1.15. The Bertz CT molecular complexity index is 696. The average molecular weight is 346 g/mol. The molecule has 24 heavy (non-hydrogen) atoms. The zero-order valence-electron chi connectivity index (χ0n) is 13.1. The van der Waals surface area contributed by atoms with Crippen LogP contribution < -0.4 is 5.32 Å². The second kappa shape index (κ2) is 8.03. The lowest BCUT2D eigenvalue weighted by Gasteiger charge is -2.10. The van der Waals surface area contributed by atoms with Gasteiger partial charge in [0.25, 0.3) is 5.91 Å². The predicted octanol–water partition coefficient (Wildman–Crippen LogP) is 2.26. The third-order valence-electron chi connectivity index (χ3n) is 3.62. The first kappa shape index (κ1) is 16.6. The Morgan fingerprint density at radius 1 is 1.33 bits per heavy atom. The van der Waals surface area contributed by atoms with Crippen molar-refractivity contribution in [2.45, 2.75) is 18.9 Å². The van der Waals surface area contributed by atoms with Gasteiger partial charge >= 0.3 is 5.97 Å². The predicted molar refractivity (Wildman–Crippen MR) is 89.8 cm³/mol. The van der Waals surface area contributed by atoms with E-state index in [-0.39, 0.29) is 24.3 Å². The van der Waals surface area contributed by atoms with E-state index in [4.69, 9.17) is 9.47 Å². The van der Waals surface area contributed by atoms with Crippen LogP contribution in [0.5, 0.6) is 0 Å². The van der Waals surface area contributed by atoms with Crippen LogP contribution in [0.3, 0.4) is 0 Å². The molecule has 1 N–H and O–H groups in total. The van der Waals surface area contributed by atoms with Crippen molar-refractivity contribution in [2.24, 2.45) is 0 Å². The van der Waals surface area contributed by atoms with E-state index in [1.165, 1.54) is 11.3 Å². The van der Waals surface area contributed by atoms with E-state index < -0.39 is 5.97 Å². The zero-order chi connectivity index (χ0) is 16.8. The van der Waals surface area contributed by atoms with Crippen LogP contribution in [0.25, 0.3) is 10.6 Å². The molecule has 126 valence electrons. The molecule has 1 aliphatic heterocycles. The van der Waals surface area contributed by atoms with Crippen molar-refractivity contribution in [3.63, 3.8) is 0 Å². The second-order valence-electron chi connectivity index (χ2n) is 5.42. The fourth-order valence-electron chi connectivity index (χ4n) is 2.37. The number of thiazole rings is 1. The first-order valence-corrected chi connectivity index (χ1v) is 8.67. The highest BCUT2D eigenvalue weighted by atomic mass is 32.1. The van der Waals surface area contributed by atoms with Crippen LogP contribution >= 0.6 is 11.3 Å². The number of hydrogen-bond acceptors (Lipinski definition) is 6. The van der Waals surface area contributed by atoms with Crippen molar-refractivity contribution in [1.29, 1.82) is 0 Å². The van der Waals surface area contributed by atoms with Gasteiger partial charge in [0.2, 0.25) is 0 Å². The fourth-order valence-corrected chi connectivity index (χ4v) is 3.17. The van der Waals surface area contributed by atoms with E-state index in [1.807, 2.05) is 30.3 Å². The molecule has 1 aliphatic rings. The van der Waals surface area contributed by atoms with Crippen LogP contribution in [-0.4, -0.2) is 42.7 Å². The Morgan fingerprint density at radius 3 is 2.92 bits per heavy atom. The van der Waals surface area contributed by atoms with Crippen LogP contribution in [0.15, 0.2) is 35.7 Å². The Labute approximate surface area is 143 Å². The molecule has 0 saturated carbocycles. The Morgan fingerprint density at radius 2 is 2.17 bits per heavy atom. The monoisotopic (exact) mass is 346 g/mol. The summed E-state index contributed by atoms with van der Waals surface area (Å²) >= 11 is 1.36. The maximum atomic E-state index is 12.0. The number of nitrogens with one attached hydrogen (secondary N) is 1. The molecule has 1 unspecified atom stereocenters. The van der Waals surface area contributed by atoms with Gasteiger partial charge in [0.15, 0.2) is 12.3 Å². The first-order valence-electron chi connectivity index (χ1n) is 7.79. The van der Waals surface area contributed by atoms with Gasteiger partial charge in [0.1, 0.15) is 5.01 Å². The minimum absolute atomic E-state index is 0.0663. The maximum absolute atomic E-state index is 12.0. The van der Waals surface area contributed by atoms with Crippen molar-refractivity contribution in [2.75, 3.05) is 19.8 Å². The number of rotatable bonds is 6. The smallest absolute Gasteiger partial charge is 0.358 e. The summed E-state index contributed by atoms with van der Waals surface area (Å²) < 4.78 is 10.4. The summed E-state index contributed by atoms with van der Waals surface area (Å²) in [7, 11) is 0. The number of carbonyl (C=O) groups is 2. The van der Waals surface area contributed by atoms with Gasteiger partial charge in [-0.05, 0) is 12.8 Å². The second-order valence-corrected chi connectivity index (χ2v) is 6.28. The summed E-state index contributed by atoms with van der Waals surface area (Å²) in [5.74, 6) is -0.932. The molecule has 0 bridgehead atoms. The summed E-state index contributed by atoms with van der Waals surface area (Å²) in [6.45, 7) is 0.873. The highest BCUT2D eigenvalue weighted by Crippen LogP contribution is 2.23. The van der Waals surface area contributed by atoms with Crippen LogP contribution in [0, 0.1) is 0 Å². The molecule has 6 nitrogen and oxygen atoms in total. The van der Waals surface area contributed by atoms with E-state index in [0.29, 0.717) is 6.54 Å². The first-order chi connectivity index (χ1) is 11.7. The molecule has 2 heterocycles. The van der Waals surface area contributed by atoms with Gasteiger partial charge in [-0.15, -0.1) is 11.3 Å². The van der Waals surface area contributed by atoms with Crippen LogP contribution in [-0.2, 0) is 14.3 Å². The number of benzene rings is 1. The molecule has 1 aromatic carbocycles. The highest BCUT2D eigenvalue weighted by Gasteiger charge is 2.18. The van der Waals surface area contributed by atoms with Crippen LogP contribution in [0.2, 0.25) is 0 Å². The number of aromatic nitrogens is 1. The van der Waals surface area contributed by atoms with Crippen molar-refractivity contribution >= 4 is 23.2 Å². The van der Waals surface area contributed by atoms with Gasteiger partial charge in [-0.2, -0.15) is 0 Å². The lowest BCUT2D eigenvalue weighted by molar-refractivity contribution is -0.124.